The van der Waals surface area contributed by atoms with Crippen LogP contribution < -0.4 is 10.6 Å². The summed E-state index contributed by atoms with van der Waals surface area (Å²) in [5, 5.41) is 6.38. The molecule has 0 aromatic rings. The molecule has 3 heteroatoms. The van der Waals surface area contributed by atoms with Crippen molar-refractivity contribution < 1.29 is 4.79 Å². The quantitative estimate of drug-likeness (QED) is 0.714. The van der Waals surface area contributed by atoms with Crippen LogP contribution in [0.15, 0.2) is 0 Å². The van der Waals surface area contributed by atoms with E-state index < -0.39 is 0 Å². The van der Waals surface area contributed by atoms with Crippen LogP contribution in [0.2, 0.25) is 0 Å². The van der Waals surface area contributed by atoms with Crippen molar-refractivity contribution >= 4 is 5.91 Å². The number of piperidine rings is 1. The Bertz CT molecular complexity index is 176. The first kappa shape index (κ1) is 11.5. The average molecular weight is 198 g/mol. The summed E-state index contributed by atoms with van der Waals surface area (Å²) in [4.78, 5) is 11.5. The second-order valence-electron chi connectivity index (χ2n) is 4.33. The van der Waals surface area contributed by atoms with Gasteiger partial charge in [-0.1, -0.05) is 20.3 Å². The van der Waals surface area contributed by atoms with Crippen molar-refractivity contribution in [3.63, 3.8) is 0 Å². The lowest BCUT2D eigenvalue weighted by atomic mass is 10.0. The summed E-state index contributed by atoms with van der Waals surface area (Å²) in [6, 6.07) is 0.361. The molecule has 14 heavy (non-hydrogen) atoms. The van der Waals surface area contributed by atoms with Crippen LogP contribution >= 0.6 is 0 Å². The van der Waals surface area contributed by atoms with Gasteiger partial charge in [-0.25, -0.2) is 0 Å². The van der Waals surface area contributed by atoms with Gasteiger partial charge in [0, 0.05) is 19.0 Å². The third kappa shape index (κ3) is 4.09. The molecule has 1 amide bonds. The highest BCUT2D eigenvalue weighted by molar-refractivity contribution is 5.76. The molecule has 1 aliphatic heterocycles. The molecule has 1 aliphatic rings. The van der Waals surface area contributed by atoms with Crippen LogP contribution in [0, 0.1) is 5.92 Å². The van der Waals surface area contributed by atoms with E-state index >= 15 is 0 Å². The maximum atomic E-state index is 11.5. The Hall–Kier alpha value is -0.570. The van der Waals surface area contributed by atoms with Crippen LogP contribution in [0.25, 0.3) is 0 Å². The summed E-state index contributed by atoms with van der Waals surface area (Å²) >= 11 is 0. The molecular weight excluding hydrogens is 176 g/mol. The standard InChI is InChI=1S/C11H22N2O/c1-3-9(2)7-11(14)13-10-5-4-6-12-8-10/h9-10,12H,3-8H2,1-2H3,(H,13,14)/t9?,10-/m0/s1. The molecule has 0 aromatic heterocycles. The second-order valence-corrected chi connectivity index (χ2v) is 4.33. The topological polar surface area (TPSA) is 41.1 Å². The number of rotatable bonds is 4. The lowest BCUT2D eigenvalue weighted by molar-refractivity contribution is -0.122. The van der Waals surface area contributed by atoms with Gasteiger partial charge in [-0.05, 0) is 25.3 Å². The van der Waals surface area contributed by atoms with Crippen molar-refractivity contribution in [2.75, 3.05) is 13.1 Å². The molecule has 1 unspecified atom stereocenters. The van der Waals surface area contributed by atoms with E-state index in [9.17, 15) is 4.79 Å². The van der Waals surface area contributed by atoms with Crippen LogP contribution in [0.5, 0.6) is 0 Å². The minimum atomic E-state index is 0.216. The van der Waals surface area contributed by atoms with Gasteiger partial charge >= 0.3 is 0 Å². The zero-order valence-electron chi connectivity index (χ0n) is 9.31. The maximum absolute atomic E-state index is 11.5. The van der Waals surface area contributed by atoms with Crippen molar-refractivity contribution in [3.8, 4) is 0 Å². The smallest absolute Gasteiger partial charge is 0.220 e. The Kier molecular flexibility index (Phi) is 4.94. The largest absolute Gasteiger partial charge is 0.352 e. The van der Waals surface area contributed by atoms with E-state index in [1.165, 1.54) is 6.42 Å². The van der Waals surface area contributed by atoms with Crippen LogP contribution in [-0.4, -0.2) is 25.0 Å². The highest BCUT2D eigenvalue weighted by Crippen LogP contribution is 2.07. The number of amides is 1. The van der Waals surface area contributed by atoms with E-state index in [4.69, 9.17) is 0 Å². The number of hydrogen-bond donors (Lipinski definition) is 2. The summed E-state index contributed by atoms with van der Waals surface area (Å²) in [5.74, 6) is 0.722. The fraction of sp³-hybridized carbons (Fsp3) is 0.909. The summed E-state index contributed by atoms with van der Waals surface area (Å²) < 4.78 is 0. The maximum Gasteiger partial charge on any atom is 0.220 e. The zero-order valence-corrected chi connectivity index (χ0v) is 9.31. The molecule has 0 saturated carbocycles. The van der Waals surface area contributed by atoms with Crippen LogP contribution in [0.4, 0.5) is 0 Å². The van der Waals surface area contributed by atoms with Gasteiger partial charge in [0.15, 0.2) is 0 Å². The molecule has 0 radical (unpaired) electrons. The van der Waals surface area contributed by atoms with Crippen LogP contribution in [0.3, 0.4) is 0 Å². The van der Waals surface area contributed by atoms with Gasteiger partial charge in [0.25, 0.3) is 0 Å². The predicted molar refractivity (Wildman–Crippen MR) is 58.1 cm³/mol. The van der Waals surface area contributed by atoms with Crippen molar-refractivity contribution in [2.24, 2.45) is 5.92 Å². The van der Waals surface area contributed by atoms with Crippen molar-refractivity contribution in [2.45, 2.75) is 45.6 Å². The average Bonchev–Trinajstić information content (AvgIpc) is 2.19. The van der Waals surface area contributed by atoms with E-state index in [0.717, 1.165) is 25.9 Å². The minimum absolute atomic E-state index is 0.216. The van der Waals surface area contributed by atoms with Gasteiger partial charge < -0.3 is 10.6 Å². The molecular formula is C11H22N2O. The SMILES string of the molecule is CCC(C)CC(=O)N[C@H]1CCCNC1. The molecule has 2 atom stereocenters. The Morgan fingerprint density at radius 1 is 1.64 bits per heavy atom. The molecule has 1 heterocycles. The fourth-order valence-electron chi connectivity index (χ4n) is 1.72. The Morgan fingerprint density at radius 2 is 2.43 bits per heavy atom. The number of carbonyl (C=O) groups excluding carboxylic acids is 1. The van der Waals surface area contributed by atoms with Gasteiger partial charge in [-0.15, -0.1) is 0 Å². The first-order chi connectivity index (χ1) is 6.72. The highest BCUT2D eigenvalue weighted by Gasteiger charge is 2.15. The summed E-state index contributed by atoms with van der Waals surface area (Å²) in [5.41, 5.74) is 0. The van der Waals surface area contributed by atoms with E-state index in [0.29, 0.717) is 18.4 Å². The van der Waals surface area contributed by atoms with Gasteiger partial charge in [0.05, 0.1) is 0 Å². The zero-order chi connectivity index (χ0) is 10.4. The predicted octanol–water partition coefficient (Wildman–Crippen LogP) is 1.29. The van der Waals surface area contributed by atoms with Crippen LogP contribution in [-0.2, 0) is 4.79 Å². The Morgan fingerprint density at radius 3 is 3.00 bits per heavy atom. The Labute approximate surface area is 86.6 Å². The molecule has 0 spiro atoms. The summed E-state index contributed by atoms with van der Waals surface area (Å²) in [6.07, 6.45) is 4.05. The molecule has 0 aliphatic carbocycles. The highest BCUT2D eigenvalue weighted by atomic mass is 16.1. The van der Waals surface area contributed by atoms with Crippen molar-refractivity contribution in [3.05, 3.63) is 0 Å². The van der Waals surface area contributed by atoms with E-state index in [1.807, 2.05) is 0 Å². The second kappa shape index (κ2) is 6.02. The number of carbonyl (C=O) groups is 1. The van der Waals surface area contributed by atoms with Gasteiger partial charge in [-0.2, -0.15) is 0 Å². The van der Waals surface area contributed by atoms with E-state index in [1.54, 1.807) is 0 Å². The lowest BCUT2D eigenvalue weighted by Crippen LogP contribution is -2.45. The van der Waals surface area contributed by atoms with E-state index in [-0.39, 0.29) is 5.91 Å². The fourth-order valence-corrected chi connectivity index (χ4v) is 1.72. The first-order valence-corrected chi connectivity index (χ1v) is 5.72. The third-order valence-electron chi connectivity index (χ3n) is 2.89. The lowest BCUT2D eigenvalue weighted by Gasteiger charge is -2.24. The molecule has 1 fully saturated rings. The van der Waals surface area contributed by atoms with Crippen molar-refractivity contribution in [1.82, 2.24) is 10.6 Å². The normalized spacial score (nSPS) is 24.3. The van der Waals surface area contributed by atoms with Crippen LogP contribution in [0.1, 0.15) is 39.5 Å². The summed E-state index contributed by atoms with van der Waals surface area (Å²) in [6.45, 7) is 6.28. The van der Waals surface area contributed by atoms with Gasteiger partial charge in [-0.3, -0.25) is 4.79 Å². The minimum Gasteiger partial charge on any atom is -0.352 e. The molecule has 82 valence electrons. The molecule has 1 rings (SSSR count). The molecule has 3 nitrogen and oxygen atoms in total. The number of hydrogen-bond acceptors (Lipinski definition) is 2. The summed E-state index contributed by atoms with van der Waals surface area (Å²) in [7, 11) is 0. The van der Waals surface area contributed by atoms with Gasteiger partial charge in [0.1, 0.15) is 0 Å². The molecule has 2 N–H and O–H groups in total. The first-order valence-electron chi connectivity index (χ1n) is 5.72. The molecule has 1 saturated heterocycles. The van der Waals surface area contributed by atoms with Gasteiger partial charge in [0.2, 0.25) is 5.91 Å². The molecule has 0 aromatic carbocycles. The monoisotopic (exact) mass is 198 g/mol. The van der Waals surface area contributed by atoms with Crippen molar-refractivity contribution in [1.29, 1.82) is 0 Å². The van der Waals surface area contributed by atoms with E-state index in [2.05, 4.69) is 24.5 Å². The third-order valence-corrected chi connectivity index (χ3v) is 2.89. The number of nitrogens with one attached hydrogen (secondary N) is 2. The molecule has 0 bridgehead atoms. The Balaban J connectivity index is 2.18.